The lowest BCUT2D eigenvalue weighted by atomic mass is 9.91. The smallest absolute Gasteiger partial charge is 0.311 e. The zero-order valence-electron chi connectivity index (χ0n) is 11.2. The molecule has 0 spiro atoms. The van der Waals surface area contributed by atoms with Gasteiger partial charge in [0.25, 0.3) is 0 Å². The van der Waals surface area contributed by atoms with Crippen LogP contribution >= 0.6 is 0 Å². The fourth-order valence-corrected chi connectivity index (χ4v) is 1.19. The third-order valence-electron chi connectivity index (χ3n) is 3.06. The van der Waals surface area contributed by atoms with Crippen molar-refractivity contribution in [3.63, 3.8) is 0 Å². The third kappa shape index (κ3) is 6.03. The van der Waals surface area contributed by atoms with Crippen LogP contribution in [0, 0.1) is 5.41 Å². The molecule has 1 aliphatic rings. The van der Waals surface area contributed by atoms with Crippen LogP contribution in [0.2, 0.25) is 0 Å². The average Bonchev–Trinajstić information content (AvgIpc) is 3.11. The van der Waals surface area contributed by atoms with E-state index in [2.05, 4.69) is 0 Å². The summed E-state index contributed by atoms with van der Waals surface area (Å²) in [5.41, 5.74) is -0.361. The first-order valence-electron chi connectivity index (χ1n) is 6.43. The van der Waals surface area contributed by atoms with Crippen LogP contribution in [0.5, 0.6) is 0 Å². The maximum atomic E-state index is 11.6. The lowest BCUT2D eigenvalue weighted by Crippen LogP contribution is -2.26. The van der Waals surface area contributed by atoms with Crippen molar-refractivity contribution >= 4 is 5.97 Å². The molecule has 0 aromatic rings. The predicted molar refractivity (Wildman–Crippen MR) is 64.8 cm³/mol. The van der Waals surface area contributed by atoms with Crippen molar-refractivity contribution in [1.29, 1.82) is 0 Å². The standard InChI is InChI=1S/C13H24O4/c1-4-13(2,3)12(14)16-8-6-5-7-15-9-11-10-17-11/h11H,4-10H2,1-3H3. The molecule has 0 bridgehead atoms. The molecule has 4 nitrogen and oxygen atoms in total. The van der Waals surface area contributed by atoms with Crippen molar-refractivity contribution in [2.24, 2.45) is 5.41 Å². The summed E-state index contributed by atoms with van der Waals surface area (Å²) >= 11 is 0. The molecule has 1 aliphatic heterocycles. The molecule has 17 heavy (non-hydrogen) atoms. The highest BCUT2D eigenvalue weighted by Crippen LogP contribution is 2.21. The molecule has 1 fully saturated rings. The van der Waals surface area contributed by atoms with Crippen molar-refractivity contribution in [2.75, 3.05) is 26.4 Å². The SMILES string of the molecule is CCC(C)(C)C(=O)OCCCCOCC1CO1. The van der Waals surface area contributed by atoms with Gasteiger partial charge in [-0.05, 0) is 33.1 Å². The van der Waals surface area contributed by atoms with Crippen molar-refractivity contribution in [1.82, 2.24) is 0 Å². The highest BCUT2D eigenvalue weighted by atomic mass is 16.6. The molecular formula is C13H24O4. The summed E-state index contributed by atoms with van der Waals surface area (Å²) in [6, 6.07) is 0. The summed E-state index contributed by atoms with van der Waals surface area (Å²) in [6.07, 6.45) is 2.91. The van der Waals surface area contributed by atoms with Crippen molar-refractivity contribution in [3.05, 3.63) is 0 Å². The van der Waals surface area contributed by atoms with Gasteiger partial charge < -0.3 is 14.2 Å². The molecule has 0 aliphatic carbocycles. The molecule has 0 aromatic heterocycles. The van der Waals surface area contributed by atoms with Gasteiger partial charge in [-0.1, -0.05) is 6.92 Å². The zero-order chi connectivity index (χ0) is 12.7. The molecule has 4 heteroatoms. The summed E-state index contributed by atoms with van der Waals surface area (Å²) in [6.45, 7) is 8.56. The van der Waals surface area contributed by atoms with Crippen LogP contribution in [-0.2, 0) is 19.0 Å². The Hall–Kier alpha value is -0.610. The van der Waals surface area contributed by atoms with E-state index in [4.69, 9.17) is 14.2 Å². The summed E-state index contributed by atoms with van der Waals surface area (Å²) in [4.78, 5) is 11.6. The second-order valence-electron chi connectivity index (χ2n) is 5.11. The van der Waals surface area contributed by atoms with E-state index in [1.165, 1.54) is 0 Å². The number of carbonyl (C=O) groups is 1. The number of epoxide rings is 1. The molecule has 1 unspecified atom stereocenters. The molecule has 0 aromatic carbocycles. The summed E-state index contributed by atoms with van der Waals surface area (Å²) < 4.78 is 15.6. The summed E-state index contributed by atoms with van der Waals surface area (Å²) in [5.74, 6) is -0.104. The second kappa shape index (κ2) is 6.97. The first-order valence-corrected chi connectivity index (χ1v) is 6.43. The first kappa shape index (κ1) is 14.5. The van der Waals surface area contributed by atoms with Gasteiger partial charge in [0.05, 0.1) is 25.2 Å². The average molecular weight is 244 g/mol. The maximum Gasteiger partial charge on any atom is 0.311 e. The Kier molecular flexibility index (Phi) is 5.92. The molecule has 0 saturated carbocycles. The highest BCUT2D eigenvalue weighted by Gasteiger charge is 2.26. The fourth-order valence-electron chi connectivity index (χ4n) is 1.19. The van der Waals surface area contributed by atoms with E-state index >= 15 is 0 Å². The number of esters is 1. The topological polar surface area (TPSA) is 48.1 Å². The van der Waals surface area contributed by atoms with Gasteiger partial charge in [0.2, 0.25) is 0 Å². The minimum absolute atomic E-state index is 0.104. The normalized spacial score (nSPS) is 19.1. The second-order valence-corrected chi connectivity index (χ2v) is 5.11. The lowest BCUT2D eigenvalue weighted by Gasteiger charge is -2.20. The van der Waals surface area contributed by atoms with Crippen LogP contribution in [0.3, 0.4) is 0 Å². The number of carbonyl (C=O) groups excluding carboxylic acids is 1. The van der Waals surface area contributed by atoms with Crippen LogP contribution in [0.1, 0.15) is 40.0 Å². The molecule has 1 atom stereocenters. The van der Waals surface area contributed by atoms with Gasteiger partial charge in [0, 0.05) is 6.61 Å². The Bertz CT molecular complexity index is 234. The van der Waals surface area contributed by atoms with Gasteiger partial charge in [-0.15, -0.1) is 0 Å². The molecular weight excluding hydrogens is 220 g/mol. The van der Waals surface area contributed by atoms with Crippen LogP contribution in [0.15, 0.2) is 0 Å². The number of rotatable bonds is 9. The first-order chi connectivity index (χ1) is 8.06. The van der Waals surface area contributed by atoms with Crippen LogP contribution in [-0.4, -0.2) is 38.5 Å². The largest absolute Gasteiger partial charge is 0.465 e. The molecule has 0 amide bonds. The Morgan fingerprint density at radius 2 is 2.00 bits per heavy atom. The monoisotopic (exact) mass is 244 g/mol. The number of ether oxygens (including phenoxy) is 3. The van der Waals surface area contributed by atoms with E-state index in [0.717, 1.165) is 25.9 Å². The maximum absolute atomic E-state index is 11.6. The lowest BCUT2D eigenvalue weighted by molar-refractivity contribution is -0.154. The van der Waals surface area contributed by atoms with E-state index in [1.54, 1.807) is 0 Å². The Labute approximate surface area is 104 Å². The number of hydrogen-bond acceptors (Lipinski definition) is 4. The van der Waals surface area contributed by atoms with E-state index in [1.807, 2.05) is 20.8 Å². The van der Waals surface area contributed by atoms with Crippen LogP contribution < -0.4 is 0 Å². The van der Waals surface area contributed by atoms with Gasteiger partial charge in [-0.2, -0.15) is 0 Å². The Morgan fingerprint density at radius 3 is 2.59 bits per heavy atom. The molecule has 100 valence electrons. The van der Waals surface area contributed by atoms with E-state index in [0.29, 0.717) is 25.9 Å². The molecule has 0 radical (unpaired) electrons. The van der Waals surface area contributed by atoms with Crippen molar-refractivity contribution in [3.8, 4) is 0 Å². The molecule has 1 saturated heterocycles. The van der Waals surface area contributed by atoms with Gasteiger partial charge in [0.15, 0.2) is 0 Å². The van der Waals surface area contributed by atoms with Crippen LogP contribution in [0.25, 0.3) is 0 Å². The predicted octanol–water partition coefficient (Wildman–Crippen LogP) is 2.16. The number of hydrogen-bond donors (Lipinski definition) is 0. The van der Waals surface area contributed by atoms with Gasteiger partial charge in [0.1, 0.15) is 6.10 Å². The Morgan fingerprint density at radius 1 is 1.35 bits per heavy atom. The van der Waals surface area contributed by atoms with Crippen molar-refractivity contribution in [2.45, 2.75) is 46.1 Å². The summed E-state index contributed by atoms with van der Waals surface area (Å²) in [7, 11) is 0. The Balaban J connectivity index is 1.90. The minimum Gasteiger partial charge on any atom is -0.465 e. The van der Waals surface area contributed by atoms with Crippen LogP contribution in [0.4, 0.5) is 0 Å². The van der Waals surface area contributed by atoms with Crippen molar-refractivity contribution < 1.29 is 19.0 Å². The molecule has 1 heterocycles. The van der Waals surface area contributed by atoms with Gasteiger partial charge in [-0.3, -0.25) is 4.79 Å². The highest BCUT2D eigenvalue weighted by molar-refractivity contribution is 5.75. The third-order valence-corrected chi connectivity index (χ3v) is 3.06. The minimum atomic E-state index is -0.361. The van der Waals surface area contributed by atoms with Gasteiger partial charge >= 0.3 is 5.97 Å². The number of unbranched alkanes of at least 4 members (excludes halogenated alkanes) is 1. The van der Waals surface area contributed by atoms with E-state index in [-0.39, 0.29) is 11.4 Å². The van der Waals surface area contributed by atoms with E-state index in [9.17, 15) is 4.79 Å². The molecule has 0 N–H and O–H groups in total. The van der Waals surface area contributed by atoms with Gasteiger partial charge in [-0.25, -0.2) is 0 Å². The quantitative estimate of drug-likeness (QED) is 0.354. The fraction of sp³-hybridized carbons (Fsp3) is 0.923. The van der Waals surface area contributed by atoms with E-state index < -0.39 is 0 Å². The zero-order valence-corrected chi connectivity index (χ0v) is 11.2. The summed E-state index contributed by atoms with van der Waals surface area (Å²) in [5, 5.41) is 0. The molecule has 1 rings (SSSR count).